The van der Waals surface area contributed by atoms with Gasteiger partial charge in [-0.2, -0.15) is 5.26 Å². The zero-order valence-corrected chi connectivity index (χ0v) is 17.6. The quantitative estimate of drug-likeness (QED) is 0.391. The van der Waals surface area contributed by atoms with Crippen LogP contribution in [0.25, 0.3) is 10.9 Å². The number of aromatic nitrogens is 1. The number of hydrogen-bond donors (Lipinski definition) is 1. The SMILES string of the molecule is CSC(Oc1ccc2ncc(Br)cc2c1)C(=O)NC(C)C#CCCCC#N. The van der Waals surface area contributed by atoms with Gasteiger partial charge in [0.2, 0.25) is 5.44 Å². The largest absolute Gasteiger partial charge is 0.470 e. The molecular weight excluding hydrogens is 426 g/mol. The first-order valence-electron chi connectivity index (χ1n) is 8.44. The van der Waals surface area contributed by atoms with Gasteiger partial charge < -0.3 is 10.1 Å². The van der Waals surface area contributed by atoms with E-state index in [1.165, 1.54) is 11.8 Å². The first-order chi connectivity index (χ1) is 13.0. The van der Waals surface area contributed by atoms with Crippen LogP contribution in [0.3, 0.4) is 0 Å². The van der Waals surface area contributed by atoms with Crippen LogP contribution in [0.1, 0.15) is 26.2 Å². The maximum Gasteiger partial charge on any atom is 0.272 e. The third-order valence-electron chi connectivity index (χ3n) is 3.56. The van der Waals surface area contributed by atoms with Gasteiger partial charge in [-0.05, 0) is 59.8 Å². The summed E-state index contributed by atoms with van der Waals surface area (Å²) in [4.78, 5) is 16.8. The number of carbonyl (C=O) groups is 1. The van der Waals surface area contributed by atoms with Gasteiger partial charge in [-0.3, -0.25) is 9.78 Å². The maximum atomic E-state index is 12.5. The van der Waals surface area contributed by atoms with Gasteiger partial charge >= 0.3 is 0 Å². The molecule has 2 aromatic rings. The molecule has 2 rings (SSSR count). The molecule has 0 fully saturated rings. The van der Waals surface area contributed by atoms with Crippen molar-refractivity contribution in [1.82, 2.24) is 10.3 Å². The maximum absolute atomic E-state index is 12.5. The summed E-state index contributed by atoms with van der Waals surface area (Å²) >= 11 is 4.72. The van der Waals surface area contributed by atoms with Crippen LogP contribution in [0.15, 0.2) is 34.9 Å². The zero-order valence-electron chi connectivity index (χ0n) is 15.2. The first-order valence-corrected chi connectivity index (χ1v) is 10.5. The van der Waals surface area contributed by atoms with Gasteiger partial charge in [0.25, 0.3) is 5.91 Å². The molecule has 0 aliphatic carbocycles. The molecule has 7 heteroatoms. The van der Waals surface area contributed by atoms with Crippen LogP contribution in [0.4, 0.5) is 0 Å². The van der Waals surface area contributed by atoms with Crippen LogP contribution in [0.2, 0.25) is 0 Å². The summed E-state index contributed by atoms with van der Waals surface area (Å²) in [7, 11) is 0. The van der Waals surface area contributed by atoms with Gasteiger partial charge in [0.05, 0.1) is 17.6 Å². The van der Waals surface area contributed by atoms with E-state index in [-0.39, 0.29) is 11.9 Å². The second-order valence-electron chi connectivity index (χ2n) is 5.76. The Hall–Kier alpha value is -2.22. The molecule has 2 unspecified atom stereocenters. The van der Waals surface area contributed by atoms with Crippen molar-refractivity contribution in [2.75, 3.05) is 6.26 Å². The Labute approximate surface area is 172 Å². The van der Waals surface area contributed by atoms with Crippen molar-refractivity contribution in [3.8, 4) is 23.7 Å². The van der Waals surface area contributed by atoms with Gasteiger partial charge in [-0.15, -0.1) is 17.7 Å². The van der Waals surface area contributed by atoms with Crippen LogP contribution in [0, 0.1) is 23.2 Å². The lowest BCUT2D eigenvalue weighted by Crippen LogP contribution is -2.40. The van der Waals surface area contributed by atoms with Crippen molar-refractivity contribution >= 4 is 44.5 Å². The molecule has 0 radical (unpaired) electrons. The number of thioether (sulfide) groups is 1. The Morgan fingerprint density at radius 2 is 2.22 bits per heavy atom. The van der Waals surface area contributed by atoms with Crippen LogP contribution >= 0.6 is 27.7 Å². The van der Waals surface area contributed by atoms with Crippen molar-refractivity contribution in [2.45, 2.75) is 37.7 Å². The van der Waals surface area contributed by atoms with E-state index in [1.54, 1.807) is 12.3 Å². The molecule has 0 aliphatic rings. The van der Waals surface area contributed by atoms with Gasteiger partial charge in [0, 0.05) is 28.9 Å². The highest BCUT2D eigenvalue weighted by atomic mass is 79.9. The molecular formula is C20H20BrN3O2S. The second kappa shape index (κ2) is 10.8. The monoisotopic (exact) mass is 445 g/mol. The van der Waals surface area contributed by atoms with Crippen LogP contribution in [-0.2, 0) is 4.79 Å². The highest BCUT2D eigenvalue weighted by Gasteiger charge is 2.20. The molecule has 0 bridgehead atoms. The van der Waals surface area contributed by atoms with E-state index >= 15 is 0 Å². The standard InChI is InChI=1S/C20H20BrN3O2S/c1-14(7-5-3-4-6-10-22)24-19(25)20(27-2)26-17-8-9-18-15(12-17)11-16(21)13-23-18/h8-9,11-14,20H,3-4,6H2,1-2H3,(H,24,25). The number of fused-ring (bicyclic) bond motifs is 1. The minimum Gasteiger partial charge on any atom is -0.470 e. The number of nitrogens with one attached hydrogen (secondary N) is 1. The number of ether oxygens (including phenoxy) is 1. The van der Waals surface area contributed by atoms with Crippen molar-refractivity contribution < 1.29 is 9.53 Å². The zero-order chi connectivity index (χ0) is 19.6. The Morgan fingerprint density at radius 1 is 1.41 bits per heavy atom. The minimum absolute atomic E-state index is 0.228. The van der Waals surface area contributed by atoms with Gasteiger partial charge in [-0.25, -0.2) is 0 Å². The number of nitrogens with zero attached hydrogens (tertiary/aromatic N) is 2. The Bertz CT molecular complexity index is 901. The van der Waals surface area contributed by atoms with Crippen LogP contribution < -0.4 is 10.1 Å². The number of nitriles is 1. The summed E-state index contributed by atoms with van der Waals surface area (Å²) in [5.74, 6) is 6.33. The number of unbranched alkanes of at least 4 members (excludes halogenated alkanes) is 2. The number of amides is 1. The number of hydrogen-bond acceptors (Lipinski definition) is 5. The van der Waals surface area contributed by atoms with Crippen molar-refractivity contribution in [3.05, 3.63) is 34.9 Å². The number of carbonyl (C=O) groups excluding carboxylic acids is 1. The summed E-state index contributed by atoms with van der Waals surface area (Å²) in [5.41, 5.74) is 0.182. The summed E-state index contributed by atoms with van der Waals surface area (Å²) in [5, 5.41) is 12.3. The average molecular weight is 446 g/mol. The fourth-order valence-corrected chi connectivity index (χ4v) is 3.13. The molecule has 1 N–H and O–H groups in total. The first kappa shape index (κ1) is 21.1. The normalized spacial score (nSPS) is 12.4. The molecule has 1 aromatic heterocycles. The van der Waals surface area contributed by atoms with E-state index < -0.39 is 5.44 Å². The summed E-state index contributed by atoms with van der Waals surface area (Å²) < 4.78 is 6.74. The van der Waals surface area contributed by atoms with Crippen LogP contribution in [0.5, 0.6) is 5.75 Å². The lowest BCUT2D eigenvalue weighted by molar-refractivity contribution is -0.124. The lowest BCUT2D eigenvalue weighted by atomic mass is 10.2. The van der Waals surface area contributed by atoms with E-state index in [0.29, 0.717) is 18.6 Å². The molecule has 0 saturated heterocycles. The van der Waals surface area contributed by atoms with Gasteiger partial charge in [-0.1, -0.05) is 5.92 Å². The number of benzene rings is 1. The highest BCUT2D eigenvalue weighted by molar-refractivity contribution is 9.10. The Kier molecular flexibility index (Phi) is 8.44. The summed E-state index contributed by atoms with van der Waals surface area (Å²) in [6.07, 6.45) is 5.45. The Balaban J connectivity index is 1.97. The fourth-order valence-electron chi connectivity index (χ4n) is 2.29. The predicted octanol–water partition coefficient (Wildman–Crippen LogP) is 4.27. The van der Waals surface area contributed by atoms with E-state index in [2.05, 4.69) is 44.1 Å². The topological polar surface area (TPSA) is 75.0 Å². The third kappa shape index (κ3) is 6.78. The second-order valence-corrected chi connectivity index (χ2v) is 7.57. The molecule has 1 heterocycles. The molecule has 27 heavy (non-hydrogen) atoms. The van der Waals surface area contributed by atoms with Crippen molar-refractivity contribution in [1.29, 1.82) is 5.26 Å². The van der Waals surface area contributed by atoms with Crippen molar-refractivity contribution in [2.24, 2.45) is 0 Å². The molecule has 0 spiro atoms. The molecule has 1 aromatic carbocycles. The lowest BCUT2D eigenvalue weighted by Gasteiger charge is -2.18. The van der Waals surface area contributed by atoms with Crippen LogP contribution in [-0.4, -0.2) is 28.6 Å². The third-order valence-corrected chi connectivity index (χ3v) is 4.73. The smallest absolute Gasteiger partial charge is 0.272 e. The fraction of sp³-hybridized carbons (Fsp3) is 0.350. The number of pyridine rings is 1. The summed E-state index contributed by atoms with van der Waals surface area (Å²) in [6.45, 7) is 1.83. The van der Waals surface area contributed by atoms with Crippen molar-refractivity contribution in [3.63, 3.8) is 0 Å². The molecule has 0 saturated carbocycles. The minimum atomic E-state index is -0.676. The molecule has 140 valence electrons. The van der Waals surface area contributed by atoms with E-state index in [1.807, 2.05) is 31.4 Å². The Morgan fingerprint density at radius 3 is 2.96 bits per heavy atom. The molecule has 0 aliphatic heterocycles. The molecule has 2 atom stereocenters. The number of halogens is 1. The van der Waals surface area contributed by atoms with Gasteiger partial charge in [0.1, 0.15) is 5.75 Å². The molecule has 5 nitrogen and oxygen atoms in total. The summed E-state index contributed by atoms with van der Waals surface area (Å²) in [6, 6.07) is 9.28. The van der Waals surface area contributed by atoms with Gasteiger partial charge in [0.15, 0.2) is 0 Å². The van der Waals surface area contributed by atoms with E-state index in [4.69, 9.17) is 10.00 Å². The van der Waals surface area contributed by atoms with E-state index in [9.17, 15) is 4.79 Å². The van der Waals surface area contributed by atoms with E-state index in [0.717, 1.165) is 21.8 Å². The highest BCUT2D eigenvalue weighted by Crippen LogP contribution is 2.24. The number of rotatable bonds is 7. The average Bonchev–Trinajstić information content (AvgIpc) is 2.65. The predicted molar refractivity (Wildman–Crippen MR) is 112 cm³/mol. The molecule has 1 amide bonds.